The van der Waals surface area contributed by atoms with Gasteiger partial charge in [0.25, 0.3) is 0 Å². The van der Waals surface area contributed by atoms with E-state index < -0.39 is 0 Å². The summed E-state index contributed by atoms with van der Waals surface area (Å²) in [4.78, 5) is 4.48. The van der Waals surface area contributed by atoms with Crippen LogP contribution < -0.4 is 5.32 Å². The van der Waals surface area contributed by atoms with E-state index in [-0.39, 0.29) is 23.1 Å². The van der Waals surface area contributed by atoms with Gasteiger partial charge in [0.1, 0.15) is 11.9 Å². The standard InChI is InChI=1S/C27H28FN3O/c1-18-8-10-20(11-9-18)27(12-3-2-4-13-27)17-30-26-24(16-29)31-25(32-26)23-15-22(23)19-6-5-7-21(28)14-19/h5-11,14,22-23,30H,2-4,12-13,15,17H2,1H3. The maximum Gasteiger partial charge on any atom is 0.232 e. The lowest BCUT2D eigenvalue weighted by molar-refractivity contribution is 0.306. The van der Waals surface area contributed by atoms with Crippen LogP contribution in [0.25, 0.3) is 0 Å². The first-order chi connectivity index (χ1) is 15.6. The van der Waals surface area contributed by atoms with Crippen LogP contribution in [0, 0.1) is 24.1 Å². The maximum atomic E-state index is 13.6. The normalized spacial score (nSPS) is 21.7. The molecule has 3 aromatic rings. The van der Waals surface area contributed by atoms with Crippen LogP contribution in [0.5, 0.6) is 0 Å². The molecule has 4 nitrogen and oxygen atoms in total. The minimum absolute atomic E-state index is 0.0370. The van der Waals surface area contributed by atoms with Gasteiger partial charge in [-0.3, -0.25) is 0 Å². The Morgan fingerprint density at radius 3 is 2.62 bits per heavy atom. The van der Waals surface area contributed by atoms with Crippen molar-refractivity contribution in [1.82, 2.24) is 4.98 Å². The van der Waals surface area contributed by atoms with Crippen LogP contribution in [-0.2, 0) is 5.41 Å². The Kier molecular flexibility index (Phi) is 5.46. The Labute approximate surface area is 188 Å². The first kappa shape index (κ1) is 20.8. The molecular weight excluding hydrogens is 401 g/mol. The van der Waals surface area contributed by atoms with Gasteiger partial charge < -0.3 is 9.73 Å². The molecule has 2 aromatic carbocycles. The summed E-state index contributed by atoms with van der Waals surface area (Å²) in [6.07, 6.45) is 6.79. The van der Waals surface area contributed by atoms with Crippen molar-refractivity contribution in [3.8, 4) is 6.07 Å². The number of hydrogen-bond donors (Lipinski definition) is 1. The molecule has 1 heterocycles. The van der Waals surface area contributed by atoms with Gasteiger partial charge in [-0.15, -0.1) is 0 Å². The zero-order chi connectivity index (χ0) is 22.1. The maximum absolute atomic E-state index is 13.6. The Bertz CT molecular complexity index is 1140. The van der Waals surface area contributed by atoms with E-state index in [4.69, 9.17) is 4.42 Å². The van der Waals surface area contributed by atoms with E-state index in [1.165, 1.54) is 36.5 Å². The molecule has 2 atom stereocenters. The van der Waals surface area contributed by atoms with Gasteiger partial charge in [0.05, 0.1) is 0 Å². The lowest BCUT2D eigenvalue weighted by Crippen LogP contribution is -2.36. The van der Waals surface area contributed by atoms with E-state index >= 15 is 0 Å². The van der Waals surface area contributed by atoms with Crippen LogP contribution in [0.15, 0.2) is 52.9 Å². The molecule has 0 amide bonds. The fourth-order valence-corrected chi connectivity index (χ4v) is 5.22. The van der Waals surface area contributed by atoms with Crippen molar-refractivity contribution in [3.05, 3.63) is 82.6 Å². The summed E-state index contributed by atoms with van der Waals surface area (Å²) in [5, 5.41) is 13.1. The molecule has 1 aromatic heterocycles. The Hall–Kier alpha value is -3.13. The second-order valence-electron chi connectivity index (χ2n) is 9.41. The molecule has 32 heavy (non-hydrogen) atoms. The van der Waals surface area contributed by atoms with Crippen molar-refractivity contribution in [1.29, 1.82) is 5.26 Å². The van der Waals surface area contributed by atoms with E-state index in [0.717, 1.165) is 31.4 Å². The number of rotatable bonds is 6. The molecular formula is C27H28FN3O. The van der Waals surface area contributed by atoms with Gasteiger partial charge in [0, 0.05) is 17.9 Å². The third-order valence-electron chi connectivity index (χ3n) is 7.20. The highest BCUT2D eigenvalue weighted by atomic mass is 19.1. The van der Waals surface area contributed by atoms with Crippen LogP contribution in [-0.4, -0.2) is 11.5 Å². The van der Waals surface area contributed by atoms with Crippen LogP contribution in [0.1, 0.15) is 78.6 Å². The number of nitrogens with one attached hydrogen (secondary N) is 1. The summed E-state index contributed by atoms with van der Waals surface area (Å²) >= 11 is 0. The van der Waals surface area contributed by atoms with Crippen molar-refractivity contribution in [3.63, 3.8) is 0 Å². The van der Waals surface area contributed by atoms with Crippen molar-refractivity contribution >= 4 is 5.88 Å². The molecule has 0 spiro atoms. The topological polar surface area (TPSA) is 61.9 Å². The number of aromatic nitrogens is 1. The highest BCUT2D eigenvalue weighted by Crippen LogP contribution is 2.55. The van der Waals surface area contributed by atoms with E-state index in [2.05, 4.69) is 47.6 Å². The van der Waals surface area contributed by atoms with E-state index in [9.17, 15) is 9.65 Å². The Morgan fingerprint density at radius 2 is 1.91 bits per heavy atom. The summed E-state index contributed by atoms with van der Waals surface area (Å²) in [6.45, 7) is 2.83. The summed E-state index contributed by atoms with van der Waals surface area (Å²) in [5.74, 6) is 1.10. The SMILES string of the molecule is Cc1ccc(C2(CNc3oc(C4CC4c4cccc(F)c4)nc3C#N)CCCCC2)cc1. The van der Waals surface area contributed by atoms with Crippen LogP contribution in [0.2, 0.25) is 0 Å². The predicted octanol–water partition coefficient (Wildman–Crippen LogP) is 6.58. The molecule has 2 fully saturated rings. The lowest BCUT2D eigenvalue weighted by Gasteiger charge is -2.38. The summed E-state index contributed by atoms with van der Waals surface area (Å²) in [7, 11) is 0. The fourth-order valence-electron chi connectivity index (χ4n) is 5.22. The number of aryl methyl sites for hydroxylation is 1. The minimum atomic E-state index is -0.227. The summed E-state index contributed by atoms with van der Waals surface area (Å²) < 4.78 is 19.7. The predicted molar refractivity (Wildman–Crippen MR) is 122 cm³/mol. The molecule has 0 aliphatic heterocycles. The van der Waals surface area contributed by atoms with Gasteiger partial charge in [-0.1, -0.05) is 61.2 Å². The number of anilines is 1. The number of nitrogens with zero attached hydrogens (tertiary/aromatic N) is 2. The van der Waals surface area contributed by atoms with Crippen LogP contribution in [0.3, 0.4) is 0 Å². The minimum Gasteiger partial charge on any atom is -0.424 e. The van der Waals surface area contributed by atoms with Crippen LogP contribution >= 0.6 is 0 Å². The third-order valence-corrected chi connectivity index (χ3v) is 7.20. The molecule has 0 bridgehead atoms. The fraction of sp³-hybridized carbons (Fsp3) is 0.407. The van der Waals surface area contributed by atoms with E-state index in [0.29, 0.717) is 17.5 Å². The van der Waals surface area contributed by atoms with Crippen LogP contribution in [0.4, 0.5) is 10.3 Å². The number of nitriles is 1. The average molecular weight is 430 g/mol. The average Bonchev–Trinajstić information content (AvgIpc) is 3.51. The van der Waals surface area contributed by atoms with Crippen molar-refractivity contribution < 1.29 is 8.81 Å². The first-order valence-electron chi connectivity index (χ1n) is 11.6. The van der Waals surface area contributed by atoms with Crippen molar-refractivity contribution in [2.24, 2.45) is 0 Å². The zero-order valence-corrected chi connectivity index (χ0v) is 18.4. The largest absolute Gasteiger partial charge is 0.424 e. The number of benzene rings is 2. The number of hydrogen-bond acceptors (Lipinski definition) is 4. The van der Waals surface area contributed by atoms with Gasteiger partial charge in [-0.05, 0) is 55.4 Å². The second-order valence-corrected chi connectivity index (χ2v) is 9.41. The van der Waals surface area contributed by atoms with Crippen molar-refractivity contribution in [2.75, 3.05) is 11.9 Å². The number of oxazole rings is 1. The highest BCUT2D eigenvalue weighted by Gasteiger charge is 2.44. The zero-order valence-electron chi connectivity index (χ0n) is 18.4. The molecule has 2 aliphatic rings. The smallest absolute Gasteiger partial charge is 0.232 e. The lowest BCUT2D eigenvalue weighted by atomic mass is 9.69. The third kappa shape index (κ3) is 4.02. The van der Waals surface area contributed by atoms with Gasteiger partial charge in [0.15, 0.2) is 0 Å². The Morgan fingerprint density at radius 1 is 1.12 bits per heavy atom. The molecule has 5 heteroatoms. The molecule has 2 aliphatic carbocycles. The highest BCUT2D eigenvalue weighted by molar-refractivity contribution is 5.47. The van der Waals surface area contributed by atoms with Gasteiger partial charge >= 0.3 is 0 Å². The van der Waals surface area contributed by atoms with Crippen molar-refractivity contribution in [2.45, 2.75) is 62.7 Å². The Balaban J connectivity index is 1.34. The molecule has 0 saturated heterocycles. The molecule has 1 N–H and O–H groups in total. The summed E-state index contributed by atoms with van der Waals surface area (Å²) in [6, 6.07) is 17.7. The first-order valence-corrected chi connectivity index (χ1v) is 11.6. The molecule has 2 unspecified atom stereocenters. The number of halogens is 1. The molecule has 5 rings (SSSR count). The second kappa shape index (κ2) is 8.43. The van der Waals surface area contributed by atoms with E-state index in [1.54, 1.807) is 12.1 Å². The summed E-state index contributed by atoms with van der Waals surface area (Å²) in [5.41, 5.74) is 3.91. The van der Waals surface area contributed by atoms with Gasteiger partial charge in [-0.25, -0.2) is 9.37 Å². The molecule has 2 saturated carbocycles. The van der Waals surface area contributed by atoms with E-state index in [1.807, 2.05) is 6.07 Å². The van der Waals surface area contributed by atoms with Gasteiger partial charge in [0.2, 0.25) is 17.5 Å². The van der Waals surface area contributed by atoms with Gasteiger partial charge in [-0.2, -0.15) is 5.26 Å². The molecule has 164 valence electrons. The monoisotopic (exact) mass is 429 g/mol. The quantitative estimate of drug-likeness (QED) is 0.481. The molecule has 0 radical (unpaired) electrons.